The number of carbonyl (C=O) groups excluding carboxylic acids is 2. The molecule has 0 spiro atoms. The van der Waals surface area contributed by atoms with E-state index < -0.39 is 5.91 Å². The lowest BCUT2D eigenvalue weighted by Crippen LogP contribution is -2.39. The fourth-order valence-corrected chi connectivity index (χ4v) is 3.66. The zero-order valence-electron chi connectivity index (χ0n) is 16.1. The number of likely N-dealkylation sites (N-methyl/N-ethyl adjacent to an activating group) is 1. The average molecular weight is 381 g/mol. The topological polar surface area (TPSA) is 86.9 Å². The number of benzene rings is 2. The van der Waals surface area contributed by atoms with E-state index in [4.69, 9.17) is 5.73 Å². The van der Waals surface area contributed by atoms with Gasteiger partial charge in [0.05, 0.1) is 18.6 Å². The normalized spacial score (nSPS) is 18.0. The Labute approximate surface area is 165 Å². The number of aliphatic hydroxyl groups excluding tert-OH is 1. The molecule has 6 heteroatoms. The van der Waals surface area contributed by atoms with Crippen molar-refractivity contribution < 1.29 is 14.7 Å². The van der Waals surface area contributed by atoms with Gasteiger partial charge in [-0.2, -0.15) is 0 Å². The van der Waals surface area contributed by atoms with Crippen molar-refractivity contribution in [1.82, 2.24) is 9.80 Å². The van der Waals surface area contributed by atoms with Crippen molar-refractivity contribution in [3.63, 3.8) is 0 Å². The van der Waals surface area contributed by atoms with Crippen molar-refractivity contribution in [3.05, 3.63) is 71.3 Å². The second-order valence-corrected chi connectivity index (χ2v) is 7.37. The summed E-state index contributed by atoms with van der Waals surface area (Å²) in [5.74, 6) is -0.535. The molecular weight excluding hydrogens is 354 g/mol. The number of amides is 2. The number of nitrogens with zero attached hydrogens (tertiary/aromatic N) is 2. The third-order valence-electron chi connectivity index (χ3n) is 5.29. The number of aliphatic hydroxyl groups is 1. The highest BCUT2D eigenvalue weighted by atomic mass is 16.3. The van der Waals surface area contributed by atoms with Crippen LogP contribution in [-0.4, -0.2) is 59.5 Å². The SMILES string of the molecule is CN(C(=O)Cc1cccc(C(N)=O)c1)C(CN1CCC(O)C1)c1ccccc1. The molecule has 0 saturated carbocycles. The number of hydrogen-bond acceptors (Lipinski definition) is 4. The first-order chi connectivity index (χ1) is 13.4. The van der Waals surface area contributed by atoms with Crippen LogP contribution in [-0.2, 0) is 11.2 Å². The van der Waals surface area contributed by atoms with E-state index in [1.807, 2.05) is 43.4 Å². The summed E-state index contributed by atoms with van der Waals surface area (Å²) >= 11 is 0. The maximum Gasteiger partial charge on any atom is 0.248 e. The van der Waals surface area contributed by atoms with Crippen LogP contribution in [0.1, 0.15) is 33.9 Å². The van der Waals surface area contributed by atoms with E-state index in [0.29, 0.717) is 18.7 Å². The molecule has 0 aliphatic carbocycles. The van der Waals surface area contributed by atoms with E-state index in [-0.39, 0.29) is 24.5 Å². The number of nitrogens with two attached hydrogens (primary N) is 1. The van der Waals surface area contributed by atoms with Gasteiger partial charge >= 0.3 is 0 Å². The second kappa shape index (κ2) is 8.99. The lowest BCUT2D eigenvalue weighted by atomic mass is 10.0. The predicted octanol–water partition coefficient (Wildman–Crippen LogP) is 1.59. The van der Waals surface area contributed by atoms with Crippen LogP contribution >= 0.6 is 0 Å². The quantitative estimate of drug-likeness (QED) is 0.763. The molecule has 2 unspecified atom stereocenters. The van der Waals surface area contributed by atoms with Crippen molar-refractivity contribution in [3.8, 4) is 0 Å². The maximum absolute atomic E-state index is 13.0. The predicted molar refractivity (Wildman–Crippen MR) is 108 cm³/mol. The molecule has 1 aliphatic heterocycles. The second-order valence-electron chi connectivity index (χ2n) is 7.37. The molecule has 148 valence electrons. The summed E-state index contributed by atoms with van der Waals surface area (Å²) in [5.41, 5.74) is 7.56. The standard InChI is InChI=1S/C22H27N3O3/c1-24(21(27)13-16-6-5-9-18(12-16)22(23)28)20(17-7-3-2-4-8-17)15-25-11-10-19(26)14-25/h2-9,12,19-20,26H,10-11,13-15H2,1H3,(H2,23,28). The van der Waals surface area contributed by atoms with Crippen LogP contribution in [0.4, 0.5) is 0 Å². The van der Waals surface area contributed by atoms with Gasteiger partial charge in [0.15, 0.2) is 0 Å². The van der Waals surface area contributed by atoms with Crippen LogP contribution in [0.25, 0.3) is 0 Å². The molecule has 0 aromatic heterocycles. The molecule has 3 rings (SSSR count). The van der Waals surface area contributed by atoms with E-state index in [2.05, 4.69) is 4.90 Å². The first-order valence-corrected chi connectivity index (χ1v) is 9.54. The Balaban J connectivity index is 1.76. The molecule has 1 fully saturated rings. The molecule has 2 atom stereocenters. The highest BCUT2D eigenvalue weighted by molar-refractivity contribution is 5.93. The summed E-state index contributed by atoms with van der Waals surface area (Å²) in [5, 5.41) is 9.84. The van der Waals surface area contributed by atoms with Gasteiger partial charge in [0.2, 0.25) is 11.8 Å². The van der Waals surface area contributed by atoms with Crippen LogP contribution in [0.2, 0.25) is 0 Å². The minimum Gasteiger partial charge on any atom is -0.392 e. The minimum absolute atomic E-state index is 0.0322. The first-order valence-electron chi connectivity index (χ1n) is 9.54. The Morgan fingerprint density at radius 3 is 2.61 bits per heavy atom. The molecule has 6 nitrogen and oxygen atoms in total. The number of carbonyl (C=O) groups is 2. The van der Waals surface area contributed by atoms with E-state index >= 15 is 0 Å². The number of rotatable bonds is 7. The lowest BCUT2D eigenvalue weighted by molar-refractivity contribution is -0.131. The molecule has 1 aliphatic rings. The highest BCUT2D eigenvalue weighted by Crippen LogP contribution is 2.24. The Kier molecular flexibility index (Phi) is 6.44. The number of primary amides is 1. The molecular formula is C22H27N3O3. The molecule has 1 heterocycles. The summed E-state index contributed by atoms with van der Waals surface area (Å²) < 4.78 is 0. The van der Waals surface area contributed by atoms with Gasteiger partial charge in [-0.05, 0) is 29.7 Å². The van der Waals surface area contributed by atoms with E-state index in [1.165, 1.54) is 0 Å². The molecule has 0 bridgehead atoms. The van der Waals surface area contributed by atoms with Crippen molar-refractivity contribution in [2.75, 3.05) is 26.7 Å². The van der Waals surface area contributed by atoms with Gasteiger partial charge < -0.3 is 15.7 Å². The molecule has 28 heavy (non-hydrogen) atoms. The van der Waals surface area contributed by atoms with Crippen LogP contribution < -0.4 is 5.73 Å². The third-order valence-corrected chi connectivity index (χ3v) is 5.29. The Morgan fingerprint density at radius 2 is 1.96 bits per heavy atom. The molecule has 1 saturated heterocycles. The molecule has 0 radical (unpaired) electrons. The van der Waals surface area contributed by atoms with Gasteiger partial charge in [0.1, 0.15) is 0 Å². The molecule has 2 amide bonds. The largest absolute Gasteiger partial charge is 0.392 e. The first kappa shape index (κ1) is 20.0. The summed E-state index contributed by atoms with van der Waals surface area (Å²) in [7, 11) is 1.81. The smallest absolute Gasteiger partial charge is 0.248 e. The highest BCUT2D eigenvalue weighted by Gasteiger charge is 2.28. The summed E-state index contributed by atoms with van der Waals surface area (Å²) in [6.07, 6.45) is 0.664. The van der Waals surface area contributed by atoms with Crippen molar-refractivity contribution in [1.29, 1.82) is 0 Å². The van der Waals surface area contributed by atoms with Crippen LogP contribution in [0.15, 0.2) is 54.6 Å². The zero-order valence-corrected chi connectivity index (χ0v) is 16.1. The van der Waals surface area contributed by atoms with Crippen molar-refractivity contribution in [2.24, 2.45) is 5.73 Å². The Morgan fingerprint density at radius 1 is 1.21 bits per heavy atom. The van der Waals surface area contributed by atoms with E-state index in [1.54, 1.807) is 23.1 Å². The minimum atomic E-state index is -0.502. The van der Waals surface area contributed by atoms with Crippen LogP contribution in [0.3, 0.4) is 0 Å². The molecule has 2 aromatic rings. The number of hydrogen-bond donors (Lipinski definition) is 2. The Hall–Kier alpha value is -2.70. The Bertz CT molecular complexity index is 825. The van der Waals surface area contributed by atoms with E-state index in [0.717, 1.165) is 24.1 Å². The van der Waals surface area contributed by atoms with Gasteiger partial charge in [-0.15, -0.1) is 0 Å². The summed E-state index contributed by atoms with van der Waals surface area (Å²) in [6.45, 7) is 2.13. The summed E-state index contributed by atoms with van der Waals surface area (Å²) in [4.78, 5) is 28.3. The van der Waals surface area contributed by atoms with Crippen molar-refractivity contribution >= 4 is 11.8 Å². The fraction of sp³-hybridized carbons (Fsp3) is 0.364. The fourth-order valence-electron chi connectivity index (χ4n) is 3.66. The summed E-state index contributed by atoms with van der Waals surface area (Å²) in [6, 6.07) is 16.7. The van der Waals surface area contributed by atoms with Crippen molar-refractivity contribution in [2.45, 2.75) is 25.0 Å². The van der Waals surface area contributed by atoms with Gasteiger partial charge in [-0.3, -0.25) is 14.5 Å². The average Bonchev–Trinajstić information content (AvgIpc) is 3.11. The van der Waals surface area contributed by atoms with Crippen LogP contribution in [0.5, 0.6) is 0 Å². The number of β-amino-alcohol motifs (C(OH)–C–C–N with tert-alkyl or cyclic N) is 1. The van der Waals surface area contributed by atoms with Gasteiger partial charge in [0, 0.05) is 32.2 Å². The molecule has 3 N–H and O–H groups in total. The van der Waals surface area contributed by atoms with Gasteiger partial charge in [-0.25, -0.2) is 0 Å². The van der Waals surface area contributed by atoms with E-state index in [9.17, 15) is 14.7 Å². The third kappa shape index (κ3) is 4.97. The van der Waals surface area contributed by atoms with Crippen LogP contribution in [0, 0.1) is 0 Å². The zero-order chi connectivity index (χ0) is 20.1. The van der Waals surface area contributed by atoms with Gasteiger partial charge in [-0.1, -0.05) is 42.5 Å². The molecule has 2 aromatic carbocycles. The monoisotopic (exact) mass is 381 g/mol. The number of likely N-dealkylation sites (tertiary alicyclic amines) is 1. The maximum atomic E-state index is 13.0. The van der Waals surface area contributed by atoms with Gasteiger partial charge in [0.25, 0.3) is 0 Å². The lowest BCUT2D eigenvalue weighted by Gasteiger charge is -2.32.